The van der Waals surface area contributed by atoms with Crippen LogP contribution in [0.5, 0.6) is 0 Å². The van der Waals surface area contributed by atoms with Crippen LogP contribution in [-0.2, 0) is 9.59 Å². The Morgan fingerprint density at radius 1 is 1.24 bits per heavy atom. The predicted octanol–water partition coefficient (Wildman–Crippen LogP) is 3.31. The average molecular weight is 291 g/mol. The van der Waals surface area contributed by atoms with Crippen LogP contribution in [0, 0.1) is 18.8 Å². The van der Waals surface area contributed by atoms with Crippen molar-refractivity contribution < 1.29 is 14.7 Å². The molecule has 0 aromatic heterocycles. The monoisotopic (exact) mass is 291 g/mol. The molecule has 21 heavy (non-hydrogen) atoms. The molecule has 0 saturated heterocycles. The zero-order chi connectivity index (χ0) is 16.0. The van der Waals surface area contributed by atoms with Gasteiger partial charge in [-0.05, 0) is 24.0 Å². The quantitative estimate of drug-likeness (QED) is 0.810. The van der Waals surface area contributed by atoms with Gasteiger partial charge in [0.15, 0.2) is 0 Å². The van der Waals surface area contributed by atoms with Crippen LogP contribution in [-0.4, -0.2) is 17.0 Å². The summed E-state index contributed by atoms with van der Waals surface area (Å²) < 4.78 is 0. The summed E-state index contributed by atoms with van der Waals surface area (Å²) in [6.45, 7) is 7.89. The molecule has 0 spiro atoms. The van der Waals surface area contributed by atoms with Crippen molar-refractivity contribution >= 4 is 11.9 Å². The lowest BCUT2D eigenvalue weighted by molar-refractivity contribution is -0.138. The van der Waals surface area contributed by atoms with E-state index in [4.69, 9.17) is 5.11 Å². The van der Waals surface area contributed by atoms with E-state index in [2.05, 4.69) is 5.32 Å². The Balaban J connectivity index is 2.92. The fourth-order valence-corrected chi connectivity index (χ4v) is 2.31. The van der Waals surface area contributed by atoms with Gasteiger partial charge in [0.1, 0.15) is 0 Å². The maximum atomic E-state index is 12.3. The highest BCUT2D eigenvalue weighted by molar-refractivity contribution is 5.80. The molecule has 2 N–H and O–H groups in total. The maximum Gasteiger partial charge on any atom is 0.305 e. The minimum atomic E-state index is -0.917. The summed E-state index contributed by atoms with van der Waals surface area (Å²) in [6.07, 6.45) is 0.812. The van der Waals surface area contributed by atoms with Crippen molar-refractivity contribution in [2.75, 3.05) is 0 Å². The average Bonchev–Trinajstić information content (AvgIpc) is 2.44. The molecule has 1 amide bonds. The molecule has 0 heterocycles. The Hall–Kier alpha value is -1.84. The van der Waals surface area contributed by atoms with Crippen molar-refractivity contribution in [2.45, 2.75) is 46.6 Å². The number of carbonyl (C=O) groups excluding carboxylic acids is 1. The number of aliphatic carboxylic acids is 1. The van der Waals surface area contributed by atoms with E-state index in [0.29, 0.717) is 0 Å². The number of nitrogens with one attached hydrogen (secondary N) is 1. The number of carboxylic acid groups (broad SMARTS) is 1. The topological polar surface area (TPSA) is 66.4 Å². The van der Waals surface area contributed by atoms with E-state index in [0.717, 1.165) is 17.5 Å². The summed E-state index contributed by atoms with van der Waals surface area (Å²) in [5.41, 5.74) is 1.85. The third-order valence-corrected chi connectivity index (χ3v) is 4.17. The van der Waals surface area contributed by atoms with E-state index in [1.165, 1.54) is 0 Å². The summed E-state index contributed by atoms with van der Waals surface area (Å²) in [5, 5.41) is 12.0. The third-order valence-electron chi connectivity index (χ3n) is 4.17. The third kappa shape index (κ3) is 4.88. The number of amides is 1. The van der Waals surface area contributed by atoms with E-state index in [1.807, 2.05) is 52.0 Å². The van der Waals surface area contributed by atoms with Crippen LogP contribution < -0.4 is 5.32 Å². The van der Waals surface area contributed by atoms with E-state index in [9.17, 15) is 9.59 Å². The second kappa shape index (κ2) is 7.81. The predicted molar refractivity (Wildman–Crippen MR) is 82.9 cm³/mol. The Morgan fingerprint density at radius 2 is 1.86 bits per heavy atom. The molecule has 4 heteroatoms. The molecule has 116 valence electrons. The number of aryl methyl sites for hydroxylation is 1. The maximum absolute atomic E-state index is 12.3. The van der Waals surface area contributed by atoms with Gasteiger partial charge in [0.2, 0.25) is 5.91 Å². The smallest absolute Gasteiger partial charge is 0.305 e. The Bertz CT molecular complexity index is 499. The van der Waals surface area contributed by atoms with Crippen LogP contribution in [0.4, 0.5) is 0 Å². The van der Waals surface area contributed by atoms with Crippen LogP contribution in [0.3, 0.4) is 0 Å². The molecule has 0 bridgehead atoms. The number of carbonyl (C=O) groups is 2. The van der Waals surface area contributed by atoms with Gasteiger partial charge in [-0.25, -0.2) is 0 Å². The molecule has 0 aliphatic heterocycles. The summed E-state index contributed by atoms with van der Waals surface area (Å²) in [5.74, 6) is -0.860. The summed E-state index contributed by atoms with van der Waals surface area (Å²) in [4.78, 5) is 23.4. The van der Waals surface area contributed by atoms with Crippen LogP contribution in [0.15, 0.2) is 24.3 Å². The number of carboxylic acids is 1. The first-order chi connectivity index (χ1) is 9.86. The van der Waals surface area contributed by atoms with Crippen molar-refractivity contribution in [3.8, 4) is 0 Å². The van der Waals surface area contributed by atoms with Gasteiger partial charge in [-0.2, -0.15) is 0 Å². The van der Waals surface area contributed by atoms with Gasteiger partial charge < -0.3 is 10.4 Å². The number of rotatable bonds is 7. The zero-order valence-corrected chi connectivity index (χ0v) is 13.2. The molecule has 3 atom stereocenters. The van der Waals surface area contributed by atoms with Crippen molar-refractivity contribution in [3.05, 3.63) is 35.4 Å². The highest BCUT2D eigenvalue weighted by Gasteiger charge is 2.24. The largest absolute Gasteiger partial charge is 0.481 e. The van der Waals surface area contributed by atoms with Gasteiger partial charge in [-0.15, -0.1) is 0 Å². The number of hydrogen-bond donors (Lipinski definition) is 2. The Kier molecular flexibility index (Phi) is 6.40. The fourth-order valence-electron chi connectivity index (χ4n) is 2.31. The normalized spacial score (nSPS) is 15.0. The van der Waals surface area contributed by atoms with Gasteiger partial charge in [-0.3, -0.25) is 9.59 Å². The van der Waals surface area contributed by atoms with Crippen LogP contribution in [0.1, 0.15) is 50.8 Å². The zero-order valence-electron chi connectivity index (χ0n) is 13.2. The van der Waals surface area contributed by atoms with Gasteiger partial charge >= 0.3 is 5.97 Å². The second-order valence-electron chi connectivity index (χ2n) is 5.69. The van der Waals surface area contributed by atoms with E-state index in [-0.39, 0.29) is 24.2 Å². The highest BCUT2D eigenvalue weighted by Crippen LogP contribution is 2.23. The first kappa shape index (κ1) is 17.2. The van der Waals surface area contributed by atoms with Gasteiger partial charge in [-0.1, -0.05) is 51.5 Å². The second-order valence-corrected chi connectivity index (χ2v) is 5.69. The molecule has 1 aromatic rings. The van der Waals surface area contributed by atoms with E-state index in [1.54, 1.807) is 0 Å². The summed E-state index contributed by atoms with van der Waals surface area (Å²) in [7, 11) is 0. The molecule has 0 aliphatic carbocycles. The molecule has 1 aromatic carbocycles. The Labute approximate surface area is 126 Å². The highest BCUT2D eigenvalue weighted by atomic mass is 16.4. The lowest BCUT2D eigenvalue weighted by Gasteiger charge is -2.24. The van der Waals surface area contributed by atoms with Crippen molar-refractivity contribution in [1.29, 1.82) is 0 Å². The molecule has 0 aliphatic rings. The number of hydrogen-bond acceptors (Lipinski definition) is 2. The summed E-state index contributed by atoms with van der Waals surface area (Å²) >= 11 is 0. The van der Waals surface area contributed by atoms with E-state index < -0.39 is 12.0 Å². The van der Waals surface area contributed by atoms with Crippen molar-refractivity contribution in [3.63, 3.8) is 0 Å². The van der Waals surface area contributed by atoms with Crippen molar-refractivity contribution in [1.82, 2.24) is 5.32 Å². The lowest BCUT2D eigenvalue weighted by Crippen LogP contribution is -2.36. The molecule has 0 radical (unpaired) electrons. The first-order valence-electron chi connectivity index (χ1n) is 7.44. The molecule has 0 saturated carbocycles. The standard InChI is InChI=1S/C17H25NO3/c1-5-11(2)13(4)17(21)18-15(10-16(19)20)14-9-7-6-8-12(14)3/h6-9,11,13,15H,5,10H2,1-4H3,(H,18,21)(H,19,20). The molecular formula is C17H25NO3. The van der Waals surface area contributed by atoms with Crippen LogP contribution >= 0.6 is 0 Å². The fraction of sp³-hybridized carbons (Fsp3) is 0.529. The number of benzene rings is 1. The SMILES string of the molecule is CCC(C)C(C)C(=O)NC(CC(=O)O)c1ccccc1C. The van der Waals surface area contributed by atoms with Gasteiger partial charge in [0, 0.05) is 5.92 Å². The summed E-state index contributed by atoms with van der Waals surface area (Å²) in [6, 6.07) is 7.08. The van der Waals surface area contributed by atoms with Gasteiger partial charge in [0.05, 0.1) is 12.5 Å². The molecule has 0 fully saturated rings. The molecule has 4 nitrogen and oxygen atoms in total. The molecule has 1 rings (SSSR count). The van der Waals surface area contributed by atoms with E-state index >= 15 is 0 Å². The Morgan fingerprint density at radius 3 is 2.38 bits per heavy atom. The van der Waals surface area contributed by atoms with Crippen LogP contribution in [0.2, 0.25) is 0 Å². The van der Waals surface area contributed by atoms with Crippen LogP contribution in [0.25, 0.3) is 0 Å². The minimum absolute atomic E-state index is 0.0844. The van der Waals surface area contributed by atoms with Crippen molar-refractivity contribution in [2.24, 2.45) is 11.8 Å². The molecule has 3 unspecified atom stereocenters. The minimum Gasteiger partial charge on any atom is -0.481 e. The lowest BCUT2D eigenvalue weighted by atomic mass is 9.91. The van der Waals surface area contributed by atoms with Gasteiger partial charge in [0.25, 0.3) is 0 Å². The first-order valence-corrected chi connectivity index (χ1v) is 7.44. The molecular weight excluding hydrogens is 266 g/mol.